The molecule has 0 bridgehead atoms. The predicted molar refractivity (Wildman–Crippen MR) is 95.6 cm³/mol. The molecule has 3 atom stereocenters. The summed E-state index contributed by atoms with van der Waals surface area (Å²) in [5.74, 6) is 1.95. The average Bonchev–Trinajstić information content (AvgIpc) is 3.10. The highest BCUT2D eigenvalue weighted by molar-refractivity contribution is 5.48. The Kier molecular flexibility index (Phi) is 4.02. The molecule has 2 aliphatic carbocycles. The standard InChI is InChI=1S/C20H21N3O2/c21-23-22-11-13-8-15(25)9-20-17-3-1-2-16(17)18(10-19(13)20)12-4-6-14(24)7-5-12/h4-9,16-18,24-25H,1-3,10-11H2. The van der Waals surface area contributed by atoms with Crippen LogP contribution in [0.2, 0.25) is 0 Å². The normalized spacial score (nSPS) is 24.2. The fourth-order valence-electron chi connectivity index (χ4n) is 4.88. The van der Waals surface area contributed by atoms with Gasteiger partial charge >= 0.3 is 0 Å². The van der Waals surface area contributed by atoms with Gasteiger partial charge in [0.1, 0.15) is 11.5 Å². The van der Waals surface area contributed by atoms with Crippen LogP contribution in [0.15, 0.2) is 41.5 Å². The quantitative estimate of drug-likeness (QED) is 0.462. The van der Waals surface area contributed by atoms with Crippen LogP contribution in [0.5, 0.6) is 11.5 Å². The molecule has 2 N–H and O–H groups in total. The second-order valence-electron chi connectivity index (χ2n) is 7.17. The summed E-state index contributed by atoms with van der Waals surface area (Å²) in [5, 5.41) is 23.5. The molecule has 1 fully saturated rings. The minimum absolute atomic E-state index is 0.260. The lowest BCUT2D eigenvalue weighted by atomic mass is 9.67. The van der Waals surface area contributed by atoms with Gasteiger partial charge in [0.25, 0.3) is 0 Å². The van der Waals surface area contributed by atoms with Gasteiger partial charge in [-0.1, -0.05) is 23.7 Å². The van der Waals surface area contributed by atoms with Gasteiger partial charge in [0.05, 0.1) is 6.54 Å². The maximum absolute atomic E-state index is 10.1. The van der Waals surface area contributed by atoms with Crippen LogP contribution in [-0.4, -0.2) is 10.2 Å². The summed E-state index contributed by atoms with van der Waals surface area (Å²) in [6.07, 6.45) is 4.41. The zero-order chi connectivity index (χ0) is 17.4. The van der Waals surface area contributed by atoms with Gasteiger partial charge in [-0.25, -0.2) is 0 Å². The fourth-order valence-corrected chi connectivity index (χ4v) is 4.88. The van der Waals surface area contributed by atoms with Gasteiger partial charge in [0.15, 0.2) is 0 Å². The largest absolute Gasteiger partial charge is 0.508 e. The van der Waals surface area contributed by atoms with E-state index in [1.54, 1.807) is 18.2 Å². The molecule has 128 valence electrons. The molecular formula is C20H21N3O2. The highest BCUT2D eigenvalue weighted by Crippen LogP contribution is 2.54. The first kappa shape index (κ1) is 15.9. The summed E-state index contributed by atoms with van der Waals surface area (Å²) in [6, 6.07) is 11.2. The SMILES string of the molecule is [N-]=[N+]=NCc1cc(O)cc2c1CC(c1ccc(O)cc1)C1CCCC21. The third-order valence-electron chi connectivity index (χ3n) is 5.90. The number of azide groups is 1. The number of phenolic OH excluding ortho intramolecular Hbond substituents is 2. The number of hydrogen-bond acceptors (Lipinski definition) is 3. The number of rotatable bonds is 3. The van der Waals surface area contributed by atoms with E-state index in [1.807, 2.05) is 18.2 Å². The van der Waals surface area contributed by atoms with Crippen molar-refractivity contribution in [2.24, 2.45) is 11.0 Å². The van der Waals surface area contributed by atoms with Crippen molar-refractivity contribution in [2.75, 3.05) is 0 Å². The molecule has 4 rings (SSSR count). The van der Waals surface area contributed by atoms with Gasteiger partial charge in [0, 0.05) is 4.91 Å². The predicted octanol–water partition coefficient (Wildman–Crippen LogP) is 5.13. The minimum atomic E-state index is 0.260. The van der Waals surface area contributed by atoms with Crippen molar-refractivity contribution in [3.63, 3.8) is 0 Å². The number of benzene rings is 2. The molecule has 5 heteroatoms. The molecule has 0 saturated heterocycles. The van der Waals surface area contributed by atoms with Crippen molar-refractivity contribution in [1.29, 1.82) is 0 Å². The maximum Gasteiger partial charge on any atom is 0.116 e. The van der Waals surface area contributed by atoms with Crippen molar-refractivity contribution >= 4 is 0 Å². The fraction of sp³-hybridized carbons (Fsp3) is 0.400. The highest BCUT2D eigenvalue weighted by Gasteiger charge is 2.41. The molecule has 0 aromatic heterocycles. The van der Waals surface area contributed by atoms with Crippen molar-refractivity contribution in [3.05, 3.63) is 69.1 Å². The van der Waals surface area contributed by atoms with Crippen LogP contribution in [0.25, 0.3) is 10.4 Å². The summed E-state index contributed by atoms with van der Waals surface area (Å²) >= 11 is 0. The molecule has 1 saturated carbocycles. The highest BCUT2D eigenvalue weighted by atomic mass is 16.3. The number of phenols is 2. The van der Waals surface area contributed by atoms with Crippen LogP contribution < -0.4 is 0 Å². The Labute approximate surface area is 146 Å². The number of nitrogens with zero attached hydrogens (tertiary/aromatic N) is 3. The van der Waals surface area contributed by atoms with Gasteiger partial charge in [-0.15, -0.1) is 0 Å². The van der Waals surface area contributed by atoms with Crippen molar-refractivity contribution in [1.82, 2.24) is 0 Å². The van der Waals surface area contributed by atoms with Gasteiger partial charge in [-0.2, -0.15) is 0 Å². The molecule has 5 nitrogen and oxygen atoms in total. The summed E-state index contributed by atoms with van der Waals surface area (Å²) in [5.41, 5.74) is 13.3. The Balaban J connectivity index is 1.80. The van der Waals surface area contributed by atoms with Crippen LogP contribution in [0.3, 0.4) is 0 Å². The number of aromatic hydroxyl groups is 2. The molecule has 2 aromatic rings. The molecule has 2 aromatic carbocycles. The van der Waals surface area contributed by atoms with E-state index in [2.05, 4.69) is 10.0 Å². The van der Waals surface area contributed by atoms with Crippen LogP contribution in [0.1, 0.15) is 53.4 Å². The Hall–Kier alpha value is -2.65. The lowest BCUT2D eigenvalue weighted by Gasteiger charge is -2.37. The molecular weight excluding hydrogens is 314 g/mol. The molecule has 0 aliphatic heterocycles. The first-order valence-electron chi connectivity index (χ1n) is 8.82. The topological polar surface area (TPSA) is 89.2 Å². The van der Waals surface area contributed by atoms with E-state index in [9.17, 15) is 10.2 Å². The zero-order valence-corrected chi connectivity index (χ0v) is 14.0. The zero-order valence-electron chi connectivity index (χ0n) is 14.0. The van der Waals surface area contributed by atoms with E-state index in [-0.39, 0.29) is 18.0 Å². The van der Waals surface area contributed by atoms with Gasteiger partial charge in [0.2, 0.25) is 0 Å². The van der Waals surface area contributed by atoms with Crippen molar-refractivity contribution in [3.8, 4) is 11.5 Å². The van der Waals surface area contributed by atoms with Gasteiger partial charge < -0.3 is 10.2 Å². The third kappa shape index (κ3) is 2.81. The molecule has 0 heterocycles. The van der Waals surface area contributed by atoms with E-state index < -0.39 is 0 Å². The van der Waals surface area contributed by atoms with Crippen LogP contribution in [-0.2, 0) is 13.0 Å². The Morgan fingerprint density at radius 1 is 1.04 bits per heavy atom. The molecule has 0 spiro atoms. The third-order valence-corrected chi connectivity index (χ3v) is 5.90. The molecule has 0 radical (unpaired) electrons. The van der Waals surface area contributed by atoms with Crippen LogP contribution in [0, 0.1) is 5.92 Å². The molecule has 2 aliphatic rings. The second-order valence-corrected chi connectivity index (χ2v) is 7.17. The van der Waals surface area contributed by atoms with Crippen molar-refractivity contribution < 1.29 is 10.2 Å². The van der Waals surface area contributed by atoms with E-state index in [0.29, 0.717) is 17.8 Å². The maximum atomic E-state index is 10.1. The molecule has 25 heavy (non-hydrogen) atoms. The Bertz CT molecular complexity index is 841. The average molecular weight is 335 g/mol. The smallest absolute Gasteiger partial charge is 0.116 e. The van der Waals surface area contributed by atoms with E-state index in [0.717, 1.165) is 18.4 Å². The Morgan fingerprint density at radius 3 is 2.60 bits per heavy atom. The Morgan fingerprint density at radius 2 is 1.84 bits per heavy atom. The van der Waals surface area contributed by atoms with Crippen LogP contribution >= 0.6 is 0 Å². The van der Waals surface area contributed by atoms with Crippen LogP contribution in [0.4, 0.5) is 0 Å². The lowest BCUT2D eigenvalue weighted by Crippen LogP contribution is -2.26. The van der Waals surface area contributed by atoms with Gasteiger partial charge in [-0.05, 0) is 89.1 Å². The second kappa shape index (κ2) is 6.34. The summed E-state index contributed by atoms with van der Waals surface area (Å²) in [6.45, 7) is 0.271. The van der Waals surface area contributed by atoms with E-state index >= 15 is 0 Å². The first-order chi connectivity index (χ1) is 12.2. The number of fused-ring (bicyclic) bond motifs is 3. The first-order valence-corrected chi connectivity index (χ1v) is 8.82. The summed E-state index contributed by atoms with van der Waals surface area (Å²) in [4.78, 5) is 2.88. The van der Waals surface area contributed by atoms with Gasteiger partial charge in [-0.3, -0.25) is 0 Å². The molecule has 3 unspecified atom stereocenters. The van der Waals surface area contributed by atoms with E-state index in [4.69, 9.17) is 5.53 Å². The lowest BCUT2D eigenvalue weighted by molar-refractivity contribution is 0.361. The molecule has 0 amide bonds. The van der Waals surface area contributed by atoms with Crippen molar-refractivity contribution in [2.45, 2.75) is 44.1 Å². The van der Waals surface area contributed by atoms with E-state index in [1.165, 1.54) is 29.5 Å². The minimum Gasteiger partial charge on any atom is -0.508 e. The number of hydrogen-bond donors (Lipinski definition) is 2. The summed E-state index contributed by atoms with van der Waals surface area (Å²) < 4.78 is 0. The summed E-state index contributed by atoms with van der Waals surface area (Å²) in [7, 11) is 0. The monoisotopic (exact) mass is 335 g/mol.